The van der Waals surface area contributed by atoms with Gasteiger partial charge in [0.2, 0.25) is 0 Å². The summed E-state index contributed by atoms with van der Waals surface area (Å²) < 4.78 is 4.87. The lowest BCUT2D eigenvalue weighted by molar-refractivity contribution is -0.384. The lowest BCUT2D eigenvalue weighted by atomic mass is 10.2. The molecule has 0 saturated carbocycles. The van der Waals surface area contributed by atoms with Crippen molar-refractivity contribution in [1.82, 2.24) is 5.32 Å². The highest BCUT2D eigenvalue weighted by Crippen LogP contribution is 2.11. The number of benzene rings is 1. The van der Waals surface area contributed by atoms with E-state index in [-0.39, 0.29) is 37.1 Å². The fourth-order valence-electron chi connectivity index (χ4n) is 1.35. The molecule has 0 radical (unpaired) electrons. The van der Waals surface area contributed by atoms with Crippen molar-refractivity contribution >= 4 is 24.0 Å². The van der Waals surface area contributed by atoms with Gasteiger partial charge in [0.1, 0.15) is 6.10 Å². The molecule has 8 heteroatoms. The number of rotatable bonds is 6. The van der Waals surface area contributed by atoms with Gasteiger partial charge in [-0.15, -0.1) is 12.4 Å². The number of nitrogens with one attached hydrogen (secondary N) is 1. The summed E-state index contributed by atoms with van der Waals surface area (Å²) in [6.07, 6.45) is -0.678. The summed E-state index contributed by atoms with van der Waals surface area (Å²) in [5.74, 6) is -0.307. The monoisotopic (exact) mass is 289 g/mol. The van der Waals surface area contributed by atoms with E-state index in [0.717, 1.165) is 5.56 Å². The van der Waals surface area contributed by atoms with E-state index < -0.39 is 11.0 Å². The second-order valence-electron chi connectivity index (χ2n) is 3.60. The van der Waals surface area contributed by atoms with Crippen molar-refractivity contribution in [1.29, 1.82) is 0 Å². The third-order valence-electron chi connectivity index (χ3n) is 2.40. The minimum absolute atomic E-state index is 0. The van der Waals surface area contributed by atoms with Crippen molar-refractivity contribution in [3.8, 4) is 0 Å². The van der Waals surface area contributed by atoms with Crippen molar-refractivity contribution in [2.24, 2.45) is 5.73 Å². The minimum Gasteiger partial charge on any atom is -0.370 e. The van der Waals surface area contributed by atoms with Crippen molar-refractivity contribution in [2.75, 3.05) is 13.7 Å². The molecular weight excluding hydrogens is 274 g/mol. The number of non-ortho nitro benzene ring substituents is 1. The maximum Gasteiger partial charge on any atom is 0.269 e. The Bertz CT molecular complexity index is 420. The molecule has 106 valence electrons. The first-order valence-corrected chi connectivity index (χ1v) is 5.32. The Balaban J connectivity index is 0.00000324. The maximum atomic E-state index is 11.5. The predicted octanol–water partition coefficient (Wildman–Crippen LogP) is 0.607. The van der Waals surface area contributed by atoms with E-state index in [4.69, 9.17) is 10.5 Å². The first kappa shape index (κ1) is 17.3. The van der Waals surface area contributed by atoms with Gasteiger partial charge in [-0.3, -0.25) is 14.9 Å². The third-order valence-corrected chi connectivity index (χ3v) is 2.40. The summed E-state index contributed by atoms with van der Waals surface area (Å²) in [7, 11) is 1.41. The molecule has 0 spiro atoms. The Morgan fingerprint density at radius 2 is 2.05 bits per heavy atom. The van der Waals surface area contributed by atoms with Crippen LogP contribution in [0.2, 0.25) is 0 Å². The van der Waals surface area contributed by atoms with Gasteiger partial charge in [0, 0.05) is 32.3 Å². The van der Waals surface area contributed by atoms with Crippen molar-refractivity contribution < 1.29 is 14.5 Å². The average molecular weight is 290 g/mol. The zero-order valence-electron chi connectivity index (χ0n) is 10.4. The lowest BCUT2D eigenvalue weighted by Crippen LogP contribution is -2.40. The number of nitrogens with zero attached hydrogens (tertiary/aromatic N) is 1. The smallest absolute Gasteiger partial charge is 0.269 e. The summed E-state index contributed by atoms with van der Waals surface area (Å²) >= 11 is 0. The molecule has 0 bridgehead atoms. The largest absolute Gasteiger partial charge is 0.370 e. The number of nitro benzene ring substituents is 1. The highest BCUT2D eigenvalue weighted by Gasteiger charge is 2.14. The number of amides is 1. The number of hydrogen-bond donors (Lipinski definition) is 2. The lowest BCUT2D eigenvalue weighted by Gasteiger charge is -2.12. The van der Waals surface area contributed by atoms with Gasteiger partial charge in [-0.25, -0.2) is 0 Å². The van der Waals surface area contributed by atoms with Gasteiger partial charge in [0.25, 0.3) is 11.6 Å². The minimum atomic E-state index is -0.678. The van der Waals surface area contributed by atoms with Crippen molar-refractivity contribution in [2.45, 2.75) is 12.6 Å². The number of ether oxygens (including phenoxy) is 1. The molecule has 1 unspecified atom stereocenters. The third kappa shape index (κ3) is 5.21. The summed E-state index contributed by atoms with van der Waals surface area (Å²) in [5.41, 5.74) is 6.13. The van der Waals surface area contributed by atoms with Gasteiger partial charge < -0.3 is 15.8 Å². The molecule has 1 aromatic rings. The molecule has 0 aliphatic carbocycles. The van der Waals surface area contributed by atoms with Crippen LogP contribution in [0.3, 0.4) is 0 Å². The number of nitro groups is 1. The quantitative estimate of drug-likeness (QED) is 0.589. The van der Waals surface area contributed by atoms with Crippen LogP contribution in [0.15, 0.2) is 24.3 Å². The van der Waals surface area contributed by atoms with E-state index >= 15 is 0 Å². The number of halogens is 1. The Hall–Kier alpha value is -1.70. The number of methoxy groups -OCH3 is 1. The Labute approximate surface area is 116 Å². The van der Waals surface area contributed by atoms with Gasteiger partial charge >= 0.3 is 0 Å². The molecule has 0 heterocycles. The van der Waals surface area contributed by atoms with Gasteiger partial charge in [-0.05, 0) is 5.56 Å². The standard InChI is InChI=1S/C11H15N3O4.ClH/c1-18-10(6-12)11(15)13-7-8-2-4-9(5-3-8)14(16)17;/h2-5,10H,6-7,12H2,1H3,(H,13,15);1H. The van der Waals surface area contributed by atoms with Crippen LogP contribution in [0.4, 0.5) is 5.69 Å². The van der Waals surface area contributed by atoms with Gasteiger partial charge in [-0.1, -0.05) is 12.1 Å². The summed E-state index contributed by atoms with van der Waals surface area (Å²) in [6.45, 7) is 0.374. The Morgan fingerprint density at radius 3 is 2.47 bits per heavy atom. The van der Waals surface area contributed by atoms with Gasteiger partial charge in [-0.2, -0.15) is 0 Å². The first-order valence-electron chi connectivity index (χ1n) is 5.32. The molecule has 1 amide bonds. The number of nitrogens with two attached hydrogens (primary N) is 1. The molecule has 1 atom stereocenters. The van der Waals surface area contributed by atoms with Crippen LogP contribution in [0.5, 0.6) is 0 Å². The number of hydrogen-bond acceptors (Lipinski definition) is 5. The Morgan fingerprint density at radius 1 is 1.47 bits per heavy atom. The summed E-state index contributed by atoms with van der Waals surface area (Å²) in [4.78, 5) is 21.5. The Kier molecular flexibility index (Phi) is 7.66. The SMILES string of the molecule is COC(CN)C(=O)NCc1ccc([N+](=O)[O-])cc1.Cl. The topological polar surface area (TPSA) is 107 Å². The number of carbonyl (C=O) groups is 1. The fraction of sp³-hybridized carbons (Fsp3) is 0.364. The van der Waals surface area contributed by atoms with E-state index in [1.54, 1.807) is 12.1 Å². The fourth-order valence-corrected chi connectivity index (χ4v) is 1.35. The van der Waals surface area contributed by atoms with E-state index in [1.807, 2.05) is 0 Å². The molecular formula is C11H16ClN3O4. The molecule has 7 nitrogen and oxygen atoms in total. The molecule has 0 aliphatic rings. The van der Waals surface area contributed by atoms with Crippen molar-refractivity contribution in [3.05, 3.63) is 39.9 Å². The van der Waals surface area contributed by atoms with Crippen molar-refractivity contribution in [3.63, 3.8) is 0 Å². The molecule has 0 aliphatic heterocycles. The molecule has 0 saturated heterocycles. The second-order valence-corrected chi connectivity index (χ2v) is 3.60. The first-order chi connectivity index (χ1) is 8.58. The molecule has 19 heavy (non-hydrogen) atoms. The van der Waals surface area contributed by atoms with E-state index in [1.165, 1.54) is 19.2 Å². The average Bonchev–Trinajstić information content (AvgIpc) is 2.38. The summed E-state index contributed by atoms with van der Waals surface area (Å²) in [6, 6.07) is 5.95. The molecule has 1 aromatic carbocycles. The molecule has 0 aromatic heterocycles. The van der Waals surface area contributed by atoms with Crippen LogP contribution in [-0.4, -0.2) is 30.6 Å². The highest BCUT2D eigenvalue weighted by molar-refractivity contribution is 5.85. The van der Waals surface area contributed by atoms with Crippen LogP contribution in [0, 0.1) is 10.1 Å². The predicted molar refractivity (Wildman–Crippen MR) is 72.0 cm³/mol. The zero-order valence-corrected chi connectivity index (χ0v) is 11.2. The molecule has 0 fully saturated rings. The van der Waals surface area contributed by atoms with E-state index in [0.29, 0.717) is 0 Å². The zero-order chi connectivity index (χ0) is 13.5. The maximum absolute atomic E-state index is 11.5. The van der Waals surface area contributed by atoms with Crippen LogP contribution in [0.25, 0.3) is 0 Å². The van der Waals surface area contributed by atoms with Gasteiger partial charge in [0.05, 0.1) is 4.92 Å². The molecule has 1 rings (SSSR count). The highest BCUT2D eigenvalue weighted by atomic mass is 35.5. The summed E-state index contributed by atoms with van der Waals surface area (Å²) in [5, 5.41) is 13.1. The van der Waals surface area contributed by atoms with Crippen LogP contribution in [0.1, 0.15) is 5.56 Å². The van der Waals surface area contributed by atoms with E-state index in [9.17, 15) is 14.9 Å². The normalized spacial score (nSPS) is 11.3. The van der Waals surface area contributed by atoms with E-state index in [2.05, 4.69) is 5.32 Å². The van der Waals surface area contributed by atoms with Crippen LogP contribution in [-0.2, 0) is 16.1 Å². The van der Waals surface area contributed by atoms with Crippen LogP contribution >= 0.6 is 12.4 Å². The second kappa shape index (κ2) is 8.41. The molecule has 3 N–H and O–H groups in total. The van der Waals surface area contributed by atoms with Crippen LogP contribution < -0.4 is 11.1 Å². The number of carbonyl (C=O) groups excluding carboxylic acids is 1. The van der Waals surface area contributed by atoms with Gasteiger partial charge in [0.15, 0.2) is 0 Å².